The van der Waals surface area contributed by atoms with E-state index in [0.29, 0.717) is 24.7 Å². The Morgan fingerprint density at radius 3 is 2.62 bits per heavy atom. The fraction of sp³-hybridized carbons (Fsp3) is 0.286. The number of carbonyl (C=O) groups is 2. The third kappa shape index (κ3) is 5.85. The molecule has 1 aromatic carbocycles. The lowest BCUT2D eigenvalue weighted by atomic mass is 10.3. The molecule has 0 radical (unpaired) electrons. The molecule has 0 bridgehead atoms. The van der Waals surface area contributed by atoms with Crippen molar-refractivity contribution >= 4 is 12.1 Å². The fourth-order valence-corrected chi connectivity index (χ4v) is 1.45. The molecule has 1 aromatic rings. The van der Waals surface area contributed by atoms with Gasteiger partial charge in [0.05, 0.1) is 13.7 Å². The third-order valence-electron chi connectivity index (χ3n) is 2.42. The van der Waals surface area contributed by atoms with Gasteiger partial charge in [0.1, 0.15) is 6.61 Å². The van der Waals surface area contributed by atoms with Gasteiger partial charge in [0.15, 0.2) is 17.6 Å². The van der Waals surface area contributed by atoms with Crippen molar-refractivity contribution in [2.24, 2.45) is 0 Å². The van der Waals surface area contributed by atoms with E-state index in [9.17, 15) is 9.59 Å². The minimum Gasteiger partial charge on any atom is -0.493 e. The number of nitrogens with one attached hydrogen (secondary N) is 1. The summed E-state index contributed by atoms with van der Waals surface area (Å²) in [4.78, 5) is 20.0. The first kappa shape index (κ1) is 16.4. The maximum Gasteiger partial charge on any atom is 0.407 e. The van der Waals surface area contributed by atoms with Crippen LogP contribution in [0.4, 0.5) is 4.79 Å². The van der Waals surface area contributed by atoms with E-state index in [2.05, 4.69) is 11.9 Å². The number of hydrogen-bond donors (Lipinski definition) is 2. The van der Waals surface area contributed by atoms with Crippen LogP contribution in [0.25, 0.3) is 0 Å². The molecule has 2 rings (SSSR count). The molecule has 0 aromatic heterocycles. The first-order valence-corrected chi connectivity index (χ1v) is 6.12. The predicted molar refractivity (Wildman–Crippen MR) is 74.6 cm³/mol. The van der Waals surface area contributed by atoms with Crippen molar-refractivity contribution in [3.8, 4) is 11.5 Å². The van der Waals surface area contributed by atoms with Gasteiger partial charge in [-0.15, -0.1) is 0 Å². The monoisotopic (exact) mass is 295 g/mol. The van der Waals surface area contributed by atoms with Crippen LogP contribution in [0.15, 0.2) is 36.9 Å². The van der Waals surface area contributed by atoms with Gasteiger partial charge in [-0.25, -0.2) is 9.59 Å². The predicted octanol–water partition coefficient (Wildman–Crippen LogP) is 1.44. The van der Waals surface area contributed by atoms with Crippen molar-refractivity contribution in [1.82, 2.24) is 5.32 Å². The quantitative estimate of drug-likeness (QED) is 0.798. The summed E-state index contributed by atoms with van der Waals surface area (Å²) in [5, 5.41) is 10.2. The smallest absolute Gasteiger partial charge is 0.407 e. The van der Waals surface area contributed by atoms with Crippen LogP contribution in [0.5, 0.6) is 11.5 Å². The Balaban J connectivity index is 0.000000383. The average Bonchev–Trinajstić information content (AvgIpc) is 2.91. The Labute approximate surface area is 122 Å². The van der Waals surface area contributed by atoms with Crippen LogP contribution in [0, 0.1) is 0 Å². The van der Waals surface area contributed by atoms with E-state index in [1.165, 1.54) is 0 Å². The lowest BCUT2D eigenvalue weighted by Crippen LogP contribution is -2.22. The molecule has 1 amide bonds. The van der Waals surface area contributed by atoms with E-state index in [4.69, 9.17) is 19.3 Å². The minimum atomic E-state index is -0.981. The van der Waals surface area contributed by atoms with Crippen molar-refractivity contribution in [2.45, 2.75) is 6.10 Å². The highest BCUT2D eigenvalue weighted by Gasteiger charge is 2.23. The lowest BCUT2D eigenvalue weighted by molar-refractivity contribution is -0.131. The Morgan fingerprint density at radius 2 is 2.14 bits per heavy atom. The fourth-order valence-electron chi connectivity index (χ4n) is 1.45. The number of carboxylic acids is 1. The van der Waals surface area contributed by atoms with Gasteiger partial charge < -0.3 is 24.6 Å². The van der Waals surface area contributed by atoms with Crippen LogP contribution < -0.4 is 14.8 Å². The number of hydrogen-bond acceptors (Lipinski definition) is 5. The van der Waals surface area contributed by atoms with E-state index in [0.717, 1.165) is 6.08 Å². The first-order valence-electron chi connectivity index (χ1n) is 6.12. The molecule has 1 unspecified atom stereocenters. The summed E-state index contributed by atoms with van der Waals surface area (Å²) in [6.45, 7) is 3.76. The number of ether oxygens (including phenoxy) is 3. The molecule has 7 heteroatoms. The number of para-hydroxylation sites is 2. The molecule has 2 N–H and O–H groups in total. The Morgan fingerprint density at radius 1 is 1.52 bits per heavy atom. The molecule has 0 saturated carbocycles. The molecule has 0 aliphatic carbocycles. The highest BCUT2D eigenvalue weighted by molar-refractivity contribution is 5.78. The maximum absolute atomic E-state index is 10.8. The molecule has 1 atom stereocenters. The van der Waals surface area contributed by atoms with E-state index < -0.39 is 12.1 Å². The van der Waals surface area contributed by atoms with Gasteiger partial charge in [0.25, 0.3) is 0 Å². The zero-order chi connectivity index (χ0) is 15.7. The second kappa shape index (κ2) is 8.47. The highest BCUT2D eigenvalue weighted by Crippen LogP contribution is 2.26. The average molecular weight is 295 g/mol. The van der Waals surface area contributed by atoms with Crippen LogP contribution in [0.3, 0.4) is 0 Å². The second-order valence-corrected chi connectivity index (χ2v) is 3.91. The normalized spacial score (nSPS) is 15.9. The summed E-state index contributed by atoms with van der Waals surface area (Å²) in [7, 11) is 1.58. The molecule has 1 saturated heterocycles. The number of carbonyl (C=O) groups excluding carboxylic acids is 1. The van der Waals surface area contributed by atoms with Crippen molar-refractivity contribution < 1.29 is 28.9 Å². The number of amides is 1. The van der Waals surface area contributed by atoms with E-state index in [-0.39, 0.29) is 6.10 Å². The van der Waals surface area contributed by atoms with Gasteiger partial charge >= 0.3 is 12.1 Å². The zero-order valence-corrected chi connectivity index (χ0v) is 11.6. The molecule has 114 valence electrons. The van der Waals surface area contributed by atoms with Crippen LogP contribution in [0.2, 0.25) is 0 Å². The number of alkyl carbamates (subject to hydrolysis) is 1. The molecule has 21 heavy (non-hydrogen) atoms. The molecule has 1 fully saturated rings. The molecular formula is C14H17NO6. The van der Waals surface area contributed by atoms with Crippen molar-refractivity contribution in [3.05, 3.63) is 36.9 Å². The van der Waals surface area contributed by atoms with E-state index >= 15 is 0 Å². The number of aliphatic carboxylic acids is 1. The summed E-state index contributed by atoms with van der Waals surface area (Å²) in [5.41, 5.74) is 0. The number of cyclic esters (lactones) is 1. The zero-order valence-electron chi connectivity index (χ0n) is 11.6. The standard InChI is InChI=1S/C11H13NO4.C3H4O2/c1-14-9-4-2-3-5-10(9)15-7-8-6-12-11(13)16-8;1-2-3(4)5/h2-5,8H,6-7H2,1H3,(H,12,13);2H,1H2,(H,4,5). The van der Waals surface area contributed by atoms with Crippen LogP contribution in [-0.4, -0.2) is 43.5 Å². The molecule has 1 heterocycles. The number of rotatable bonds is 5. The van der Waals surface area contributed by atoms with Gasteiger partial charge in [-0.3, -0.25) is 0 Å². The van der Waals surface area contributed by atoms with Gasteiger partial charge in [0.2, 0.25) is 0 Å². The second-order valence-electron chi connectivity index (χ2n) is 3.91. The highest BCUT2D eigenvalue weighted by atomic mass is 16.6. The summed E-state index contributed by atoms with van der Waals surface area (Å²) >= 11 is 0. The Kier molecular flexibility index (Phi) is 6.59. The molecule has 1 aliphatic heterocycles. The number of methoxy groups -OCH3 is 1. The Hall–Kier alpha value is -2.70. The Bertz CT molecular complexity index is 502. The summed E-state index contributed by atoms with van der Waals surface area (Å²) < 4.78 is 15.6. The van der Waals surface area contributed by atoms with E-state index in [1.807, 2.05) is 24.3 Å². The molecule has 7 nitrogen and oxygen atoms in total. The first-order chi connectivity index (χ1) is 10.1. The van der Waals surface area contributed by atoms with Crippen molar-refractivity contribution in [3.63, 3.8) is 0 Å². The molecule has 1 aliphatic rings. The van der Waals surface area contributed by atoms with Crippen LogP contribution in [-0.2, 0) is 9.53 Å². The molecule has 0 spiro atoms. The van der Waals surface area contributed by atoms with Gasteiger partial charge in [-0.1, -0.05) is 18.7 Å². The molecular weight excluding hydrogens is 278 g/mol. The van der Waals surface area contributed by atoms with Gasteiger partial charge in [0, 0.05) is 6.08 Å². The number of carboxylic acid groups (broad SMARTS) is 1. The van der Waals surface area contributed by atoms with Gasteiger partial charge in [-0.05, 0) is 12.1 Å². The van der Waals surface area contributed by atoms with Crippen molar-refractivity contribution in [2.75, 3.05) is 20.3 Å². The van der Waals surface area contributed by atoms with Crippen molar-refractivity contribution in [1.29, 1.82) is 0 Å². The third-order valence-corrected chi connectivity index (χ3v) is 2.42. The summed E-state index contributed by atoms with van der Waals surface area (Å²) in [6.07, 6.45) is 0.200. The van der Waals surface area contributed by atoms with Crippen LogP contribution >= 0.6 is 0 Å². The maximum atomic E-state index is 10.8. The summed E-state index contributed by atoms with van der Waals surface area (Å²) in [6, 6.07) is 7.34. The lowest BCUT2D eigenvalue weighted by Gasteiger charge is -2.12. The minimum absolute atomic E-state index is 0.239. The summed E-state index contributed by atoms with van der Waals surface area (Å²) in [5.74, 6) is 0.331. The van der Waals surface area contributed by atoms with Gasteiger partial charge in [-0.2, -0.15) is 0 Å². The number of benzene rings is 1. The van der Waals surface area contributed by atoms with E-state index in [1.54, 1.807) is 7.11 Å². The topological polar surface area (TPSA) is 94.1 Å². The van der Waals surface area contributed by atoms with Crippen LogP contribution in [0.1, 0.15) is 0 Å². The largest absolute Gasteiger partial charge is 0.493 e. The SMILES string of the molecule is C=CC(=O)O.COc1ccccc1OCC1CNC(=O)O1.